The normalized spacial score (nSPS) is 24.9. The Morgan fingerprint density at radius 2 is 2.46 bits per heavy atom. The van der Waals surface area contributed by atoms with Gasteiger partial charge in [-0.2, -0.15) is 0 Å². The topological polar surface area (TPSA) is 38.7 Å². The molecule has 0 amide bonds. The van der Waals surface area contributed by atoms with Gasteiger partial charge in [-0.05, 0) is 12.8 Å². The van der Waals surface area contributed by atoms with E-state index < -0.39 is 0 Å². The zero-order valence-corrected chi connectivity index (χ0v) is 8.37. The molecule has 1 saturated heterocycles. The Morgan fingerprint density at radius 1 is 1.62 bits per heavy atom. The number of unbranched alkanes of at least 4 members (excludes halogenated alkanes) is 1. The summed E-state index contributed by atoms with van der Waals surface area (Å²) in [5.74, 6) is 0.293. The van der Waals surface area contributed by atoms with E-state index in [0.717, 1.165) is 32.5 Å². The summed E-state index contributed by atoms with van der Waals surface area (Å²) in [6.45, 7) is 4.84. The number of aliphatic hydroxyl groups excluding tert-OH is 1. The van der Waals surface area contributed by atoms with Crippen LogP contribution in [0.5, 0.6) is 0 Å². The molecule has 1 aliphatic rings. The van der Waals surface area contributed by atoms with Crippen LogP contribution < -0.4 is 0 Å². The van der Waals surface area contributed by atoms with Crippen LogP contribution in [0, 0.1) is 5.92 Å². The number of hydrogen-bond acceptors (Lipinski definition) is 3. The van der Waals surface area contributed by atoms with E-state index in [2.05, 4.69) is 6.92 Å². The molecule has 0 aliphatic carbocycles. The molecule has 0 saturated carbocycles. The molecule has 13 heavy (non-hydrogen) atoms. The van der Waals surface area contributed by atoms with Gasteiger partial charge in [-0.25, -0.2) is 0 Å². The van der Waals surface area contributed by atoms with E-state index in [-0.39, 0.29) is 6.10 Å². The van der Waals surface area contributed by atoms with Crippen LogP contribution in [-0.2, 0) is 9.47 Å². The molecular formula is C10H20O3. The summed E-state index contributed by atoms with van der Waals surface area (Å²) in [6, 6.07) is 0. The Kier molecular flexibility index (Phi) is 5.35. The van der Waals surface area contributed by atoms with Gasteiger partial charge in [-0.15, -0.1) is 0 Å². The molecular weight excluding hydrogens is 168 g/mol. The highest BCUT2D eigenvalue weighted by Crippen LogP contribution is 2.16. The first-order valence-corrected chi connectivity index (χ1v) is 5.18. The lowest BCUT2D eigenvalue weighted by atomic mass is 10.0. The molecule has 0 bridgehead atoms. The molecule has 0 aromatic rings. The van der Waals surface area contributed by atoms with Crippen LogP contribution in [0.2, 0.25) is 0 Å². The van der Waals surface area contributed by atoms with Gasteiger partial charge >= 0.3 is 0 Å². The van der Waals surface area contributed by atoms with Crippen molar-refractivity contribution in [2.45, 2.75) is 32.3 Å². The first-order chi connectivity index (χ1) is 6.34. The zero-order chi connectivity index (χ0) is 9.52. The summed E-state index contributed by atoms with van der Waals surface area (Å²) in [5.41, 5.74) is 0. The lowest BCUT2D eigenvalue weighted by Gasteiger charge is -2.16. The van der Waals surface area contributed by atoms with Gasteiger partial charge in [0.05, 0.1) is 19.3 Å². The van der Waals surface area contributed by atoms with Crippen molar-refractivity contribution in [1.82, 2.24) is 0 Å². The maximum atomic E-state index is 9.64. The van der Waals surface area contributed by atoms with Gasteiger partial charge in [0.25, 0.3) is 0 Å². The number of aliphatic hydroxyl groups is 1. The highest BCUT2D eigenvalue weighted by Gasteiger charge is 2.23. The van der Waals surface area contributed by atoms with E-state index in [1.165, 1.54) is 0 Å². The Balaban J connectivity index is 1.99. The molecule has 2 unspecified atom stereocenters. The second kappa shape index (κ2) is 6.35. The lowest BCUT2D eigenvalue weighted by molar-refractivity contribution is 0.00144. The van der Waals surface area contributed by atoms with Crippen molar-refractivity contribution in [3.63, 3.8) is 0 Å². The van der Waals surface area contributed by atoms with Gasteiger partial charge in [0.15, 0.2) is 0 Å². The Bertz CT molecular complexity index is 121. The Labute approximate surface area is 80.0 Å². The lowest BCUT2D eigenvalue weighted by Crippen LogP contribution is -2.26. The highest BCUT2D eigenvalue weighted by atomic mass is 16.5. The second-order valence-corrected chi connectivity index (χ2v) is 3.62. The molecule has 0 aromatic carbocycles. The van der Waals surface area contributed by atoms with Crippen LogP contribution in [0.4, 0.5) is 0 Å². The Hall–Kier alpha value is -0.120. The average molecular weight is 188 g/mol. The minimum Gasteiger partial charge on any atom is -0.390 e. The van der Waals surface area contributed by atoms with Crippen LogP contribution in [0.3, 0.4) is 0 Å². The van der Waals surface area contributed by atoms with Gasteiger partial charge in [0, 0.05) is 19.1 Å². The van der Waals surface area contributed by atoms with Crippen LogP contribution in [0.1, 0.15) is 26.2 Å². The molecule has 3 nitrogen and oxygen atoms in total. The monoisotopic (exact) mass is 188 g/mol. The van der Waals surface area contributed by atoms with E-state index in [1.807, 2.05) is 0 Å². The third kappa shape index (κ3) is 4.07. The third-order valence-electron chi connectivity index (χ3n) is 2.44. The predicted octanol–water partition coefficient (Wildman–Crippen LogP) is 1.20. The quantitative estimate of drug-likeness (QED) is 0.637. The van der Waals surface area contributed by atoms with E-state index in [4.69, 9.17) is 9.47 Å². The minimum atomic E-state index is -0.334. The fourth-order valence-corrected chi connectivity index (χ4v) is 1.44. The van der Waals surface area contributed by atoms with Crippen LogP contribution in [-0.4, -0.2) is 37.6 Å². The largest absolute Gasteiger partial charge is 0.390 e. The van der Waals surface area contributed by atoms with Crippen molar-refractivity contribution in [1.29, 1.82) is 0 Å². The average Bonchev–Trinajstić information content (AvgIpc) is 2.65. The van der Waals surface area contributed by atoms with Crippen molar-refractivity contribution < 1.29 is 14.6 Å². The first-order valence-electron chi connectivity index (χ1n) is 5.18. The summed E-state index contributed by atoms with van der Waals surface area (Å²) in [4.78, 5) is 0. The maximum Gasteiger partial charge on any atom is 0.0824 e. The SMILES string of the molecule is CCCCOCC(O)C1CCOC1. The number of ether oxygens (including phenoxy) is 2. The second-order valence-electron chi connectivity index (χ2n) is 3.62. The molecule has 0 spiro atoms. The molecule has 1 N–H and O–H groups in total. The fourth-order valence-electron chi connectivity index (χ4n) is 1.44. The van der Waals surface area contributed by atoms with Crippen LogP contribution >= 0.6 is 0 Å². The van der Waals surface area contributed by atoms with Crippen molar-refractivity contribution >= 4 is 0 Å². The Morgan fingerprint density at radius 3 is 3.08 bits per heavy atom. The smallest absolute Gasteiger partial charge is 0.0824 e. The number of hydrogen-bond donors (Lipinski definition) is 1. The van der Waals surface area contributed by atoms with Crippen LogP contribution in [0.15, 0.2) is 0 Å². The molecule has 1 heterocycles. The zero-order valence-electron chi connectivity index (χ0n) is 8.37. The summed E-state index contributed by atoms with van der Waals surface area (Å²) < 4.78 is 10.5. The maximum absolute atomic E-state index is 9.64. The molecule has 1 rings (SSSR count). The van der Waals surface area contributed by atoms with Crippen molar-refractivity contribution in [2.75, 3.05) is 26.4 Å². The van der Waals surface area contributed by atoms with E-state index in [9.17, 15) is 5.11 Å². The van der Waals surface area contributed by atoms with Gasteiger partial charge in [-0.1, -0.05) is 13.3 Å². The molecule has 78 valence electrons. The number of rotatable bonds is 6. The molecule has 0 aromatic heterocycles. The standard InChI is InChI=1S/C10H20O3/c1-2-3-5-12-8-10(11)9-4-6-13-7-9/h9-11H,2-8H2,1H3. The molecule has 3 heteroatoms. The molecule has 1 aliphatic heterocycles. The fraction of sp³-hybridized carbons (Fsp3) is 1.00. The summed E-state index contributed by atoms with van der Waals surface area (Å²) >= 11 is 0. The summed E-state index contributed by atoms with van der Waals surface area (Å²) in [6.07, 6.45) is 2.86. The minimum absolute atomic E-state index is 0.293. The third-order valence-corrected chi connectivity index (χ3v) is 2.44. The highest BCUT2D eigenvalue weighted by molar-refractivity contribution is 4.72. The molecule has 1 fully saturated rings. The van der Waals surface area contributed by atoms with Crippen LogP contribution in [0.25, 0.3) is 0 Å². The summed E-state index contributed by atoms with van der Waals surface area (Å²) in [7, 11) is 0. The molecule has 0 radical (unpaired) electrons. The van der Waals surface area contributed by atoms with Gasteiger partial charge in [0.2, 0.25) is 0 Å². The van der Waals surface area contributed by atoms with E-state index >= 15 is 0 Å². The van der Waals surface area contributed by atoms with E-state index in [0.29, 0.717) is 19.1 Å². The van der Waals surface area contributed by atoms with Crippen molar-refractivity contribution in [3.05, 3.63) is 0 Å². The first kappa shape index (κ1) is 11.0. The molecule has 2 atom stereocenters. The van der Waals surface area contributed by atoms with Crippen molar-refractivity contribution in [3.8, 4) is 0 Å². The summed E-state index contributed by atoms with van der Waals surface area (Å²) in [5, 5.41) is 9.64. The van der Waals surface area contributed by atoms with Gasteiger partial charge < -0.3 is 14.6 Å². The van der Waals surface area contributed by atoms with Gasteiger partial charge in [-0.3, -0.25) is 0 Å². The van der Waals surface area contributed by atoms with Crippen molar-refractivity contribution in [2.24, 2.45) is 5.92 Å². The van der Waals surface area contributed by atoms with E-state index in [1.54, 1.807) is 0 Å². The predicted molar refractivity (Wildman–Crippen MR) is 50.7 cm³/mol. The van der Waals surface area contributed by atoms with Gasteiger partial charge in [0.1, 0.15) is 0 Å².